The molecule has 5 heteroatoms. The number of fused-ring (bicyclic) bond motifs is 1. The van der Waals surface area contributed by atoms with E-state index >= 15 is 0 Å². The first-order valence-electron chi connectivity index (χ1n) is 9.58. The predicted octanol–water partition coefficient (Wildman–Crippen LogP) is 3.35. The fourth-order valence-electron chi connectivity index (χ4n) is 3.77. The molecule has 0 spiro atoms. The molecule has 1 N–H and O–H groups in total. The quantitative estimate of drug-likeness (QED) is 0.694. The molecule has 1 aromatic carbocycles. The summed E-state index contributed by atoms with van der Waals surface area (Å²) in [4.78, 5) is 4.78. The van der Waals surface area contributed by atoms with Crippen LogP contribution in [0.2, 0.25) is 0 Å². The van der Waals surface area contributed by atoms with E-state index in [2.05, 4.69) is 42.1 Å². The molecule has 0 aliphatic carbocycles. The Labute approximate surface area is 155 Å². The molecule has 0 radical (unpaired) electrons. The Kier molecular flexibility index (Phi) is 4.89. The van der Waals surface area contributed by atoms with Crippen LogP contribution in [0.3, 0.4) is 0 Å². The third kappa shape index (κ3) is 3.44. The molecule has 0 fully saturated rings. The van der Waals surface area contributed by atoms with Crippen molar-refractivity contribution >= 4 is 0 Å². The van der Waals surface area contributed by atoms with Gasteiger partial charge >= 0.3 is 0 Å². The lowest BCUT2D eigenvalue weighted by molar-refractivity contribution is 0.522. The Morgan fingerprint density at radius 1 is 1.12 bits per heavy atom. The number of hydrogen-bond donors (Lipinski definition) is 1. The van der Waals surface area contributed by atoms with Gasteiger partial charge in [0.2, 0.25) is 0 Å². The number of imidazole rings is 1. The first-order valence-corrected chi connectivity index (χ1v) is 9.58. The average Bonchev–Trinajstić information content (AvgIpc) is 3.20. The zero-order valence-corrected chi connectivity index (χ0v) is 15.7. The molecule has 1 aliphatic heterocycles. The molecule has 0 bridgehead atoms. The molecule has 26 heavy (non-hydrogen) atoms. The molecule has 136 valence electrons. The van der Waals surface area contributed by atoms with Gasteiger partial charge in [-0.05, 0) is 38.8 Å². The maximum Gasteiger partial charge on any atom is 0.108 e. The van der Waals surface area contributed by atoms with Crippen LogP contribution < -0.4 is 5.32 Å². The highest BCUT2D eigenvalue weighted by Crippen LogP contribution is 2.18. The van der Waals surface area contributed by atoms with Gasteiger partial charge in [-0.3, -0.25) is 0 Å². The largest absolute Gasteiger partial charge is 0.335 e. The smallest absolute Gasteiger partial charge is 0.108 e. The second-order valence-electron chi connectivity index (χ2n) is 7.12. The van der Waals surface area contributed by atoms with Crippen molar-refractivity contribution < 1.29 is 0 Å². The van der Waals surface area contributed by atoms with Crippen LogP contribution in [-0.4, -0.2) is 25.9 Å². The van der Waals surface area contributed by atoms with Gasteiger partial charge in [0.25, 0.3) is 0 Å². The summed E-state index contributed by atoms with van der Waals surface area (Å²) in [5.74, 6) is 1.27. The third-order valence-corrected chi connectivity index (χ3v) is 5.26. The lowest BCUT2D eigenvalue weighted by atomic mass is 10.2. The maximum absolute atomic E-state index is 4.78. The Morgan fingerprint density at radius 2 is 1.96 bits per heavy atom. The molecule has 0 unspecified atom stereocenters. The van der Waals surface area contributed by atoms with Gasteiger partial charge in [0, 0.05) is 49.9 Å². The molecular weight excluding hydrogens is 322 g/mol. The normalized spacial score (nSPS) is 13.8. The Bertz CT molecular complexity index is 852. The molecular formula is C21H27N5. The standard InChI is InChI=1S/C21H27N5/c1-16-20(17(2)26(24-16)19-8-4-3-5-9-19)14-22-12-11-18-15-25-13-7-6-10-21(25)23-18/h3-5,8-9,15,22H,6-7,10-14H2,1-2H3. The van der Waals surface area contributed by atoms with Gasteiger partial charge < -0.3 is 9.88 Å². The summed E-state index contributed by atoms with van der Waals surface area (Å²) in [5, 5.41) is 8.30. The van der Waals surface area contributed by atoms with E-state index in [4.69, 9.17) is 10.1 Å². The van der Waals surface area contributed by atoms with E-state index in [1.807, 2.05) is 22.9 Å². The molecule has 1 aliphatic rings. The molecule has 0 saturated carbocycles. The van der Waals surface area contributed by atoms with E-state index in [0.29, 0.717) is 0 Å². The lowest BCUT2D eigenvalue weighted by Crippen LogP contribution is -2.17. The van der Waals surface area contributed by atoms with Crippen molar-refractivity contribution in [2.45, 2.75) is 52.6 Å². The van der Waals surface area contributed by atoms with Crippen LogP contribution in [0, 0.1) is 13.8 Å². The minimum atomic E-state index is 0.845. The van der Waals surface area contributed by atoms with Gasteiger partial charge in [-0.25, -0.2) is 9.67 Å². The topological polar surface area (TPSA) is 47.7 Å². The van der Waals surface area contributed by atoms with Crippen molar-refractivity contribution in [2.75, 3.05) is 6.54 Å². The van der Waals surface area contributed by atoms with Crippen LogP contribution in [0.1, 0.15) is 41.3 Å². The highest BCUT2D eigenvalue weighted by Gasteiger charge is 2.13. The number of benzene rings is 1. The van der Waals surface area contributed by atoms with Gasteiger partial charge in [-0.15, -0.1) is 0 Å². The first kappa shape index (κ1) is 17.0. The summed E-state index contributed by atoms with van der Waals surface area (Å²) in [6.07, 6.45) is 6.90. The first-order chi connectivity index (χ1) is 12.7. The molecule has 4 rings (SSSR count). The molecule has 2 aromatic heterocycles. The molecule has 0 atom stereocenters. The van der Waals surface area contributed by atoms with E-state index in [-0.39, 0.29) is 0 Å². The average molecular weight is 349 g/mol. The summed E-state index contributed by atoms with van der Waals surface area (Å²) in [6, 6.07) is 10.3. The van der Waals surface area contributed by atoms with Crippen molar-refractivity contribution in [1.29, 1.82) is 0 Å². The second-order valence-corrected chi connectivity index (χ2v) is 7.12. The number of para-hydroxylation sites is 1. The number of rotatable bonds is 6. The van der Waals surface area contributed by atoms with Crippen LogP contribution in [0.4, 0.5) is 0 Å². The zero-order chi connectivity index (χ0) is 17.9. The van der Waals surface area contributed by atoms with Crippen molar-refractivity contribution in [3.05, 3.63) is 65.0 Å². The van der Waals surface area contributed by atoms with E-state index in [9.17, 15) is 0 Å². The molecule has 5 nitrogen and oxygen atoms in total. The summed E-state index contributed by atoms with van der Waals surface area (Å²) in [5.41, 5.74) is 5.92. The summed E-state index contributed by atoms with van der Waals surface area (Å²) < 4.78 is 4.37. The van der Waals surface area contributed by atoms with E-state index < -0.39 is 0 Å². The summed E-state index contributed by atoms with van der Waals surface area (Å²) in [7, 11) is 0. The molecule has 0 amide bonds. The van der Waals surface area contributed by atoms with Crippen LogP contribution in [0.25, 0.3) is 5.69 Å². The van der Waals surface area contributed by atoms with Gasteiger partial charge in [-0.1, -0.05) is 18.2 Å². The molecule has 3 heterocycles. The predicted molar refractivity (Wildman–Crippen MR) is 104 cm³/mol. The zero-order valence-electron chi connectivity index (χ0n) is 15.7. The fraction of sp³-hybridized carbons (Fsp3) is 0.429. The van der Waals surface area contributed by atoms with Crippen molar-refractivity contribution in [2.24, 2.45) is 0 Å². The van der Waals surface area contributed by atoms with Crippen LogP contribution in [0.15, 0.2) is 36.5 Å². The molecule has 3 aromatic rings. The lowest BCUT2D eigenvalue weighted by Gasteiger charge is -2.11. The number of aryl methyl sites for hydroxylation is 3. The monoisotopic (exact) mass is 349 g/mol. The van der Waals surface area contributed by atoms with Gasteiger partial charge in [0.1, 0.15) is 5.82 Å². The number of nitrogens with one attached hydrogen (secondary N) is 1. The number of hydrogen-bond acceptors (Lipinski definition) is 3. The van der Waals surface area contributed by atoms with Crippen molar-refractivity contribution in [1.82, 2.24) is 24.6 Å². The van der Waals surface area contributed by atoms with E-state index in [1.54, 1.807) is 0 Å². The third-order valence-electron chi connectivity index (χ3n) is 5.26. The Morgan fingerprint density at radius 3 is 2.77 bits per heavy atom. The van der Waals surface area contributed by atoms with Crippen molar-refractivity contribution in [3.63, 3.8) is 0 Å². The van der Waals surface area contributed by atoms with Crippen molar-refractivity contribution in [3.8, 4) is 5.69 Å². The number of aromatic nitrogens is 4. The van der Waals surface area contributed by atoms with Gasteiger partial charge in [-0.2, -0.15) is 5.10 Å². The summed E-state index contributed by atoms with van der Waals surface area (Å²) in [6.45, 7) is 7.15. The number of nitrogens with zero attached hydrogens (tertiary/aromatic N) is 4. The molecule has 0 saturated heterocycles. The minimum absolute atomic E-state index is 0.845. The van der Waals surface area contributed by atoms with E-state index in [1.165, 1.54) is 35.6 Å². The highest BCUT2D eigenvalue weighted by atomic mass is 15.3. The van der Waals surface area contributed by atoms with Crippen LogP contribution in [0.5, 0.6) is 0 Å². The van der Waals surface area contributed by atoms with Crippen LogP contribution in [-0.2, 0) is 25.9 Å². The van der Waals surface area contributed by atoms with Gasteiger partial charge in [0.15, 0.2) is 0 Å². The summed E-state index contributed by atoms with van der Waals surface area (Å²) >= 11 is 0. The highest BCUT2D eigenvalue weighted by molar-refractivity contribution is 5.36. The maximum atomic E-state index is 4.78. The van der Waals surface area contributed by atoms with Gasteiger partial charge in [0.05, 0.1) is 17.1 Å². The SMILES string of the molecule is Cc1nn(-c2ccccc2)c(C)c1CNCCc1cn2c(n1)CCCC2. The van der Waals surface area contributed by atoms with Crippen LogP contribution >= 0.6 is 0 Å². The Hall–Kier alpha value is -2.40. The second kappa shape index (κ2) is 7.46. The Balaban J connectivity index is 1.36. The van der Waals surface area contributed by atoms with E-state index in [0.717, 1.165) is 43.9 Å². The fourth-order valence-corrected chi connectivity index (χ4v) is 3.77. The minimum Gasteiger partial charge on any atom is -0.335 e.